The molecule has 1 aromatic carbocycles. The van der Waals surface area contributed by atoms with Crippen molar-refractivity contribution in [2.75, 3.05) is 0 Å². The maximum atomic E-state index is 5.34. The smallest absolute Gasteiger partial charge is 0.0224 e. The molecular formula is C12H16S. The number of hydrogen-bond donors (Lipinski definition) is 0. The third-order valence-electron chi connectivity index (χ3n) is 2.04. The molecule has 0 N–H and O–H groups in total. The Bertz CT molecular complexity index is 262. The third kappa shape index (κ3) is 3.69. The van der Waals surface area contributed by atoms with Gasteiger partial charge >= 0.3 is 0 Å². The normalized spacial score (nSPS) is 10.4. The first-order chi connectivity index (χ1) is 6.20. The molecule has 0 atom stereocenters. The van der Waals surface area contributed by atoms with Crippen molar-refractivity contribution in [1.29, 1.82) is 0 Å². The van der Waals surface area contributed by atoms with Gasteiger partial charge in [-0.2, -0.15) is 0 Å². The molecule has 1 aromatic rings. The molecule has 0 spiro atoms. The zero-order valence-corrected chi connectivity index (χ0v) is 9.10. The van der Waals surface area contributed by atoms with Crippen LogP contribution in [0.15, 0.2) is 30.3 Å². The Morgan fingerprint density at radius 3 is 2.38 bits per heavy atom. The van der Waals surface area contributed by atoms with Crippen LogP contribution in [0, 0.1) is 5.92 Å². The van der Waals surface area contributed by atoms with Gasteiger partial charge in [-0.25, -0.2) is 0 Å². The molecule has 0 heterocycles. The minimum Gasteiger partial charge on any atom is -0.0843 e. The van der Waals surface area contributed by atoms with Crippen LogP contribution in [0.2, 0.25) is 0 Å². The van der Waals surface area contributed by atoms with Crippen LogP contribution in [0.5, 0.6) is 0 Å². The molecule has 0 aliphatic carbocycles. The summed E-state index contributed by atoms with van der Waals surface area (Å²) in [5, 5.41) is 0. The van der Waals surface area contributed by atoms with Crippen molar-refractivity contribution in [2.24, 2.45) is 5.92 Å². The zero-order chi connectivity index (χ0) is 9.68. The van der Waals surface area contributed by atoms with Crippen molar-refractivity contribution >= 4 is 17.1 Å². The molecule has 0 amide bonds. The zero-order valence-electron chi connectivity index (χ0n) is 8.29. The van der Waals surface area contributed by atoms with Crippen LogP contribution < -0.4 is 0 Å². The highest BCUT2D eigenvalue weighted by Crippen LogP contribution is 2.10. The highest BCUT2D eigenvalue weighted by molar-refractivity contribution is 7.80. The van der Waals surface area contributed by atoms with E-state index < -0.39 is 0 Å². The van der Waals surface area contributed by atoms with Crippen LogP contribution in [-0.2, 0) is 0 Å². The second kappa shape index (κ2) is 5.13. The van der Waals surface area contributed by atoms with Gasteiger partial charge in [-0.1, -0.05) is 56.4 Å². The van der Waals surface area contributed by atoms with Crippen LogP contribution in [0.4, 0.5) is 0 Å². The van der Waals surface area contributed by atoms with E-state index in [0.29, 0.717) is 0 Å². The lowest BCUT2D eigenvalue weighted by atomic mass is 10.0. The maximum absolute atomic E-state index is 5.34. The van der Waals surface area contributed by atoms with E-state index in [1.54, 1.807) is 0 Å². The fourth-order valence-corrected chi connectivity index (χ4v) is 1.44. The van der Waals surface area contributed by atoms with Crippen LogP contribution in [-0.4, -0.2) is 4.86 Å². The quantitative estimate of drug-likeness (QED) is 0.516. The molecule has 0 radical (unpaired) electrons. The van der Waals surface area contributed by atoms with Gasteiger partial charge in [0, 0.05) is 4.86 Å². The summed E-state index contributed by atoms with van der Waals surface area (Å²) in [6.45, 7) is 4.46. The van der Waals surface area contributed by atoms with Gasteiger partial charge in [0.2, 0.25) is 0 Å². The van der Waals surface area contributed by atoms with Crippen molar-refractivity contribution in [3.8, 4) is 0 Å². The molecule has 0 nitrogen and oxygen atoms in total. The van der Waals surface area contributed by atoms with Crippen LogP contribution in [0.1, 0.15) is 32.3 Å². The Morgan fingerprint density at radius 1 is 1.23 bits per heavy atom. The molecule has 0 unspecified atom stereocenters. The lowest BCUT2D eigenvalue weighted by Gasteiger charge is -2.05. The molecule has 0 aromatic heterocycles. The Hall–Kier alpha value is -0.690. The van der Waals surface area contributed by atoms with Crippen LogP contribution in [0.3, 0.4) is 0 Å². The van der Waals surface area contributed by atoms with Crippen molar-refractivity contribution in [2.45, 2.75) is 26.7 Å². The lowest BCUT2D eigenvalue weighted by Crippen LogP contribution is -1.99. The molecular weight excluding hydrogens is 176 g/mol. The summed E-state index contributed by atoms with van der Waals surface area (Å²) in [7, 11) is 0. The van der Waals surface area contributed by atoms with Gasteiger partial charge in [0.1, 0.15) is 0 Å². The Balaban J connectivity index is 2.50. The Kier molecular flexibility index (Phi) is 4.10. The fourth-order valence-electron chi connectivity index (χ4n) is 1.19. The van der Waals surface area contributed by atoms with Crippen molar-refractivity contribution in [3.05, 3.63) is 35.9 Å². The van der Waals surface area contributed by atoms with Gasteiger partial charge in [-0.3, -0.25) is 0 Å². The SMILES string of the molecule is CC(C)CCC(=S)c1ccccc1. The first-order valence-corrected chi connectivity index (χ1v) is 5.19. The second-order valence-corrected chi connectivity index (χ2v) is 4.21. The van der Waals surface area contributed by atoms with Gasteiger partial charge in [0.25, 0.3) is 0 Å². The van der Waals surface area contributed by atoms with E-state index in [0.717, 1.165) is 17.2 Å². The predicted octanol–water partition coefficient (Wildman–Crippen LogP) is 3.84. The average molecular weight is 192 g/mol. The molecule has 0 aliphatic heterocycles. The number of hydrogen-bond acceptors (Lipinski definition) is 1. The van der Waals surface area contributed by atoms with Crippen molar-refractivity contribution in [3.63, 3.8) is 0 Å². The standard InChI is InChI=1S/C12H16S/c1-10(2)8-9-12(13)11-6-4-3-5-7-11/h3-7,10H,8-9H2,1-2H3. The van der Waals surface area contributed by atoms with Crippen molar-refractivity contribution in [1.82, 2.24) is 0 Å². The minimum absolute atomic E-state index is 0.738. The molecule has 70 valence electrons. The molecule has 0 bridgehead atoms. The van der Waals surface area contributed by atoms with E-state index in [9.17, 15) is 0 Å². The Morgan fingerprint density at radius 2 is 1.85 bits per heavy atom. The summed E-state index contributed by atoms with van der Waals surface area (Å²) >= 11 is 5.34. The summed E-state index contributed by atoms with van der Waals surface area (Å²) in [6, 6.07) is 10.3. The topological polar surface area (TPSA) is 0 Å². The van der Waals surface area contributed by atoms with E-state index >= 15 is 0 Å². The molecule has 1 heteroatoms. The van der Waals surface area contributed by atoms with Gasteiger partial charge in [-0.05, 0) is 24.3 Å². The summed E-state index contributed by atoms with van der Waals surface area (Å²) in [6.07, 6.45) is 2.23. The fraction of sp³-hybridized carbons (Fsp3) is 0.417. The molecule has 0 fully saturated rings. The summed E-state index contributed by atoms with van der Waals surface area (Å²) in [4.78, 5) is 1.09. The minimum atomic E-state index is 0.738. The Labute approximate surface area is 86.0 Å². The number of benzene rings is 1. The monoisotopic (exact) mass is 192 g/mol. The van der Waals surface area contributed by atoms with E-state index in [1.165, 1.54) is 12.0 Å². The first kappa shape index (κ1) is 10.4. The van der Waals surface area contributed by atoms with Gasteiger partial charge < -0.3 is 0 Å². The second-order valence-electron chi connectivity index (χ2n) is 3.72. The number of rotatable bonds is 4. The van der Waals surface area contributed by atoms with Crippen molar-refractivity contribution < 1.29 is 0 Å². The average Bonchev–Trinajstić information content (AvgIpc) is 2.15. The third-order valence-corrected chi connectivity index (χ3v) is 2.48. The van der Waals surface area contributed by atoms with Crippen LogP contribution >= 0.6 is 12.2 Å². The summed E-state index contributed by atoms with van der Waals surface area (Å²) in [5.74, 6) is 0.738. The molecule has 0 saturated carbocycles. The largest absolute Gasteiger partial charge is 0.0843 e. The van der Waals surface area contributed by atoms with E-state index in [1.807, 2.05) is 18.2 Å². The van der Waals surface area contributed by atoms with E-state index in [-0.39, 0.29) is 0 Å². The van der Waals surface area contributed by atoms with Gasteiger partial charge in [-0.15, -0.1) is 0 Å². The maximum Gasteiger partial charge on any atom is 0.0224 e. The summed E-state index contributed by atoms with van der Waals surface area (Å²) < 4.78 is 0. The van der Waals surface area contributed by atoms with E-state index in [2.05, 4.69) is 26.0 Å². The van der Waals surface area contributed by atoms with Crippen LogP contribution in [0.25, 0.3) is 0 Å². The predicted molar refractivity (Wildman–Crippen MR) is 62.2 cm³/mol. The number of thiocarbonyl (C=S) groups is 1. The highest BCUT2D eigenvalue weighted by Gasteiger charge is 2.01. The molecule has 1 rings (SSSR count). The van der Waals surface area contributed by atoms with Gasteiger partial charge in [0.15, 0.2) is 0 Å². The highest BCUT2D eigenvalue weighted by atomic mass is 32.1. The van der Waals surface area contributed by atoms with E-state index in [4.69, 9.17) is 12.2 Å². The summed E-state index contributed by atoms with van der Waals surface area (Å²) in [5.41, 5.74) is 1.21. The lowest BCUT2D eigenvalue weighted by molar-refractivity contribution is 0.605. The first-order valence-electron chi connectivity index (χ1n) is 4.78. The van der Waals surface area contributed by atoms with Gasteiger partial charge in [0.05, 0.1) is 0 Å². The molecule has 0 saturated heterocycles. The molecule has 13 heavy (non-hydrogen) atoms. The molecule has 0 aliphatic rings.